The van der Waals surface area contributed by atoms with Crippen molar-refractivity contribution in [3.63, 3.8) is 0 Å². The number of carbonyl (C=O) groups is 1. The van der Waals surface area contributed by atoms with E-state index in [0.29, 0.717) is 19.1 Å². The van der Waals surface area contributed by atoms with Crippen LogP contribution < -0.4 is 10.6 Å². The number of hydrogen-bond donors (Lipinski definition) is 2. The number of nitrogens with one attached hydrogen (secondary N) is 2. The molecular formula is C13H26N2O2. The molecule has 1 rings (SSSR count). The molecule has 1 unspecified atom stereocenters. The zero-order valence-electron chi connectivity index (χ0n) is 11.3. The fourth-order valence-corrected chi connectivity index (χ4v) is 1.35. The highest BCUT2D eigenvalue weighted by atomic mass is 16.5. The van der Waals surface area contributed by atoms with Gasteiger partial charge in [-0.15, -0.1) is 0 Å². The Bertz CT molecular complexity index is 227. The van der Waals surface area contributed by atoms with E-state index < -0.39 is 0 Å². The van der Waals surface area contributed by atoms with Gasteiger partial charge in [0.2, 0.25) is 5.91 Å². The van der Waals surface area contributed by atoms with Gasteiger partial charge in [-0.1, -0.05) is 13.8 Å². The minimum atomic E-state index is 0.0633. The topological polar surface area (TPSA) is 50.4 Å². The molecule has 0 aromatic heterocycles. The summed E-state index contributed by atoms with van der Waals surface area (Å²) in [6.07, 6.45) is 2.64. The molecule has 1 saturated carbocycles. The standard InChI is InChI=1S/C13H26N2O2/c1-10(2)11(3)15-13(16)8-14-6-7-17-9-12-4-5-12/h10-12,14H,4-9H2,1-3H3,(H,15,16). The van der Waals surface area contributed by atoms with Crippen LogP contribution in [0.25, 0.3) is 0 Å². The van der Waals surface area contributed by atoms with Crippen molar-refractivity contribution in [1.29, 1.82) is 0 Å². The summed E-state index contributed by atoms with van der Waals surface area (Å²) in [5.74, 6) is 1.35. The van der Waals surface area contributed by atoms with Crippen LogP contribution in [0.3, 0.4) is 0 Å². The van der Waals surface area contributed by atoms with E-state index >= 15 is 0 Å². The minimum Gasteiger partial charge on any atom is -0.380 e. The fourth-order valence-electron chi connectivity index (χ4n) is 1.35. The lowest BCUT2D eigenvalue weighted by molar-refractivity contribution is -0.121. The zero-order valence-corrected chi connectivity index (χ0v) is 11.3. The quantitative estimate of drug-likeness (QED) is 0.597. The average Bonchev–Trinajstić information content (AvgIpc) is 3.06. The van der Waals surface area contributed by atoms with Gasteiger partial charge in [-0.05, 0) is 31.6 Å². The Morgan fingerprint density at radius 2 is 2.06 bits per heavy atom. The second-order valence-electron chi connectivity index (χ2n) is 5.30. The molecule has 4 heteroatoms. The number of hydrogen-bond acceptors (Lipinski definition) is 3. The van der Waals surface area contributed by atoms with Crippen molar-refractivity contribution in [2.45, 2.75) is 39.7 Å². The van der Waals surface area contributed by atoms with Gasteiger partial charge in [0, 0.05) is 19.2 Å². The first kappa shape index (κ1) is 14.5. The molecule has 0 radical (unpaired) electrons. The van der Waals surface area contributed by atoms with Crippen molar-refractivity contribution in [1.82, 2.24) is 10.6 Å². The predicted molar refractivity (Wildman–Crippen MR) is 68.9 cm³/mol. The van der Waals surface area contributed by atoms with E-state index in [9.17, 15) is 4.79 Å². The van der Waals surface area contributed by atoms with Crippen LogP contribution >= 0.6 is 0 Å². The maximum Gasteiger partial charge on any atom is 0.234 e. The van der Waals surface area contributed by atoms with Gasteiger partial charge in [-0.3, -0.25) is 4.79 Å². The molecule has 0 spiro atoms. The molecule has 1 aliphatic rings. The van der Waals surface area contributed by atoms with E-state index in [2.05, 4.69) is 24.5 Å². The molecule has 0 saturated heterocycles. The summed E-state index contributed by atoms with van der Waals surface area (Å²) in [5, 5.41) is 6.04. The van der Waals surface area contributed by atoms with Gasteiger partial charge in [0.25, 0.3) is 0 Å². The number of carbonyl (C=O) groups excluding carboxylic acids is 1. The van der Waals surface area contributed by atoms with Crippen LogP contribution in [0.1, 0.15) is 33.6 Å². The van der Waals surface area contributed by atoms with Gasteiger partial charge in [0.1, 0.15) is 0 Å². The first-order valence-corrected chi connectivity index (χ1v) is 6.67. The smallest absolute Gasteiger partial charge is 0.234 e. The van der Waals surface area contributed by atoms with E-state index in [4.69, 9.17) is 4.74 Å². The Hall–Kier alpha value is -0.610. The Morgan fingerprint density at radius 3 is 2.65 bits per heavy atom. The Labute approximate surface area is 104 Å². The van der Waals surface area contributed by atoms with Crippen LogP contribution in [0.4, 0.5) is 0 Å². The summed E-state index contributed by atoms with van der Waals surface area (Å²) in [6.45, 7) is 8.94. The van der Waals surface area contributed by atoms with Gasteiger partial charge in [0.05, 0.1) is 13.2 Å². The molecule has 2 N–H and O–H groups in total. The second-order valence-corrected chi connectivity index (χ2v) is 5.30. The molecule has 0 aromatic rings. The zero-order chi connectivity index (χ0) is 12.7. The highest BCUT2D eigenvalue weighted by Gasteiger charge is 2.20. The molecule has 0 bridgehead atoms. The molecule has 1 atom stereocenters. The predicted octanol–water partition coefficient (Wildman–Crippen LogP) is 1.16. The summed E-state index contributed by atoms with van der Waals surface area (Å²) in [5.41, 5.74) is 0. The van der Waals surface area contributed by atoms with E-state index in [1.54, 1.807) is 0 Å². The van der Waals surface area contributed by atoms with Gasteiger partial charge in [-0.25, -0.2) is 0 Å². The maximum atomic E-state index is 11.5. The van der Waals surface area contributed by atoms with Crippen molar-refractivity contribution in [2.24, 2.45) is 11.8 Å². The van der Waals surface area contributed by atoms with Gasteiger partial charge in [-0.2, -0.15) is 0 Å². The summed E-state index contributed by atoms with van der Waals surface area (Å²) >= 11 is 0. The van der Waals surface area contributed by atoms with Crippen LogP contribution in [-0.4, -0.2) is 38.3 Å². The lowest BCUT2D eigenvalue weighted by atomic mass is 10.1. The minimum absolute atomic E-state index is 0.0633. The first-order chi connectivity index (χ1) is 8.09. The van der Waals surface area contributed by atoms with Crippen LogP contribution in [0, 0.1) is 11.8 Å². The van der Waals surface area contributed by atoms with Crippen molar-refractivity contribution >= 4 is 5.91 Å². The van der Waals surface area contributed by atoms with Crippen molar-refractivity contribution in [3.05, 3.63) is 0 Å². The third-order valence-electron chi connectivity index (χ3n) is 3.15. The first-order valence-electron chi connectivity index (χ1n) is 6.67. The van der Waals surface area contributed by atoms with Crippen LogP contribution in [0.15, 0.2) is 0 Å². The van der Waals surface area contributed by atoms with Crippen molar-refractivity contribution in [2.75, 3.05) is 26.3 Å². The number of ether oxygens (including phenoxy) is 1. The molecule has 0 aliphatic heterocycles. The van der Waals surface area contributed by atoms with E-state index in [-0.39, 0.29) is 11.9 Å². The average molecular weight is 242 g/mol. The summed E-state index contributed by atoms with van der Waals surface area (Å²) < 4.78 is 5.46. The van der Waals surface area contributed by atoms with Crippen molar-refractivity contribution in [3.8, 4) is 0 Å². The maximum absolute atomic E-state index is 11.5. The lowest BCUT2D eigenvalue weighted by Gasteiger charge is -2.17. The molecule has 17 heavy (non-hydrogen) atoms. The molecular weight excluding hydrogens is 216 g/mol. The molecule has 1 aliphatic carbocycles. The highest BCUT2D eigenvalue weighted by molar-refractivity contribution is 5.78. The third kappa shape index (κ3) is 7.34. The molecule has 1 amide bonds. The van der Waals surface area contributed by atoms with Crippen LogP contribution in [0.2, 0.25) is 0 Å². The van der Waals surface area contributed by atoms with E-state index in [1.165, 1.54) is 12.8 Å². The number of rotatable bonds is 9. The summed E-state index contributed by atoms with van der Waals surface area (Å²) in [7, 11) is 0. The Balaban J connectivity index is 1.88. The normalized spacial score (nSPS) is 17.2. The van der Waals surface area contributed by atoms with Gasteiger partial charge in [0.15, 0.2) is 0 Å². The van der Waals surface area contributed by atoms with Crippen LogP contribution in [0.5, 0.6) is 0 Å². The van der Waals surface area contributed by atoms with Crippen molar-refractivity contribution < 1.29 is 9.53 Å². The molecule has 0 heterocycles. The SMILES string of the molecule is CC(C)C(C)NC(=O)CNCCOCC1CC1. The third-order valence-corrected chi connectivity index (χ3v) is 3.15. The monoisotopic (exact) mass is 242 g/mol. The Morgan fingerprint density at radius 1 is 1.35 bits per heavy atom. The molecule has 1 fully saturated rings. The molecule has 4 nitrogen and oxygen atoms in total. The molecule has 100 valence electrons. The highest BCUT2D eigenvalue weighted by Crippen LogP contribution is 2.28. The molecule has 0 aromatic carbocycles. The lowest BCUT2D eigenvalue weighted by Crippen LogP contribution is -2.41. The second kappa shape index (κ2) is 7.67. The van der Waals surface area contributed by atoms with Gasteiger partial charge >= 0.3 is 0 Å². The summed E-state index contributed by atoms with van der Waals surface area (Å²) in [6, 6.07) is 0.232. The van der Waals surface area contributed by atoms with E-state index in [1.807, 2.05) is 6.92 Å². The van der Waals surface area contributed by atoms with Crippen LogP contribution in [-0.2, 0) is 9.53 Å². The van der Waals surface area contributed by atoms with E-state index in [0.717, 1.165) is 19.1 Å². The largest absolute Gasteiger partial charge is 0.380 e. The summed E-state index contributed by atoms with van der Waals surface area (Å²) in [4.78, 5) is 11.5. The van der Waals surface area contributed by atoms with Gasteiger partial charge < -0.3 is 15.4 Å². The Kier molecular flexibility index (Phi) is 6.52. The number of amides is 1. The fraction of sp³-hybridized carbons (Fsp3) is 0.923.